The summed E-state index contributed by atoms with van der Waals surface area (Å²) in [6.45, 7) is 3.47. The third-order valence-corrected chi connectivity index (χ3v) is 7.95. The number of carbonyl (C=O) groups is 3. The van der Waals surface area contributed by atoms with Crippen LogP contribution < -0.4 is 10.2 Å². The zero-order chi connectivity index (χ0) is 24.5. The molecule has 36 heavy (non-hydrogen) atoms. The Kier molecular flexibility index (Phi) is 9.04. The Labute approximate surface area is 247 Å². The number of carbonyl (C=O) groups excluding carboxylic acids is 2. The number of piperazine rings is 1. The van der Waals surface area contributed by atoms with E-state index < -0.39 is 11.9 Å². The molecule has 2 aliphatic heterocycles. The average Bonchev–Trinajstić information content (AvgIpc) is 3.41. The minimum absolute atomic E-state index is 0. The maximum atomic E-state index is 12.5. The Hall–Kier alpha value is -1.59. The van der Waals surface area contributed by atoms with E-state index in [1.807, 2.05) is 24.3 Å². The van der Waals surface area contributed by atoms with Crippen molar-refractivity contribution in [1.82, 2.24) is 14.6 Å². The number of nitrogens with one attached hydrogen (secondary N) is 1. The summed E-state index contributed by atoms with van der Waals surface area (Å²) in [7, 11) is 0. The van der Waals surface area contributed by atoms with Crippen molar-refractivity contribution < 1.29 is 19.5 Å². The Bertz CT molecular complexity index is 1320. The third-order valence-electron chi connectivity index (χ3n) is 6.62. The molecule has 2 N–H and O–H groups in total. The number of aliphatic carboxylic acids is 1. The number of hydrogen-bond acceptors (Lipinski definition) is 7. The number of benzene rings is 2. The summed E-state index contributed by atoms with van der Waals surface area (Å²) in [5, 5.41) is 14.1. The fourth-order valence-electron chi connectivity index (χ4n) is 4.86. The minimum atomic E-state index is -1.07. The summed E-state index contributed by atoms with van der Waals surface area (Å²) in [6, 6.07) is 12.0. The first-order chi connectivity index (χ1) is 16.9. The molecule has 1 fully saturated rings. The molecular weight excluding hydrogens is 528 g/mol. The van der Waals surface area contributed by atoms with Crippen molar-refractivity contribution in [3.05, 3.63) is 57.4 Å². The molecule has 0 radical (unpaired) electrons. The monoisotopic (exact) mass is 554 g/mol. The number of aromatic nitrogens is 1. The number of anilines is 1. The summed E-state index contributed by atoms with van der Waals surface area (Å²) in [5.74, 6) is -1.93. The maximum absolute atomic E-state index is 12.5. The van der Waals surface area contributed by atoms with Crippen LogP contribution in [0.1, 0.15) is 34.9 Å². The number of hydrogen-bond donors (Lipinski definition) is 2. The standard InChI is InChI=1S/C25H25ClN4O4S.Ca.2H/c26-18-13-20-16(12-23(32)30(20)22(31)5-6-24(33)34)11-15(18)7-9-29-10-8-27-14-21(29)25-17-3-1-2-4-19(17)28-35-25;;;/h1-4,11,13,21,27H,5-10,12,14H2,(H,33,34);;;. The van der Waals surface area contributed by atoms with E-state index in [0.29, 0.717) is 17.1 Å². The van der Waals surface area contributed by atoms with Crippen LogP contribution in [0.2, 0.25) is 5.02 Å². The van der Waals surface area contributed by atoms with Gasteiger partial charge in [-0.2, -0.15) is 4.37 Å². The van der Waals surface area contributed by atoms with Gasteiger partial charge in [-0.25, -0.2) is 4.90 Å². The van der Waals surface area contributed by atoms with E-state index in [1.54, 1.807) is 17.6 Å². The molecule has 3 aromatic rings. The van der Waals surface area contributed by atoms with Crippen molar-refractivity contribution in [2.24, 2.45) is 0 Å². The van der Waals surface area contributed by atoms with Crippen molar-refractivity contribution in [3.8, 4) is 0 Å². The number of amides is 2. The van der Waals surface area contributed by atoms with E-state index in [2.05, 4.69) is 20.7 Å². The van der Waals surface area contributed by atoms with Crippen LogP contribution in [0.4, 0.5) is 5.69 Å². The third kappa shape index (κ3) is 5.62. The second-order valence-electron chi connectivity index (χ2n) is 8.84. The van der Waals surface area contributed by atoms with Crippen LogP contribution in [0, 0.1) is 0 Å². The first kappa shape index (κ1) is 27.4. The first-order valence-corrected chi connectivity index (χ1v) is 12.8. The topological polar surface area (TPSA) is 103 Å². The van der Waals surface area contributed by atoms with Crippen LogP contribution in [0.15, 0.2) is 36.4 Å². The summed E-state index contributed by atoms with van der Waals surface area (Å²) < 4.78 is 4.62. The Morgan fingerprint density at radius 2 is 2.03 bits per heavy atom. The zero-order valence-corrected chi connectivity index (χ0v) is 20.6. The molecule has 3 heterocycles. The molecule has 2 amide bonds. The number of carboxylic acids is 1. The summed E-state index contributed by atoms with van der Waals surface area (Å²) in [5.41, 5.74) is 3.18. The van der Waals surface area contributed by atoms with Crippen LogP contribution in [0.3, 0.4) is 0 Å². The molecule has 11 heteroatoms. The second kappa shape index (κ2) is 11.9. The van der Waals surface area contributed by atoms with Gasteiger partial charge in [0.2, 0.25) is 11.8 Å². The van der Waals surface area contributed by atoms with Gasteiger partial charge in [-0.3, -0.25) is 19.3 Å². The van der Waals surface area contributed by atoms with E-state index >= 15 is 0 Å². The van der Waals surface area contributed by atoms with Gasteiger partial charge in [-0.1, -0.05) is 35.9 Å². The number of fused-ring (bicyclic) bond motifs is 2. The summed E-state index contributed by atoms with van der Waals surface area (Å²) in [4.78, 5) is 40.6. The van der Waals surface area contributed by atoms with Gasteiger partial charge < -0.3 is 10.4 Å². The van der Waals surface area contributed by atoms with Crippen molar-refractivity contribution in [3.63, 3.8) is 0 Å². The molecule has 1 atom stereocenters. The van der Waals surface area contributed by atoms with Crippen molar-refractivity contribution >= 4 is 95.2 Å². The molecule has 1 aromatic heterocycles. The van der Waals surface area contributed by atoms with Gasteiger partial charge in [0.05, 0.1) is 35.0 Å². The Morgan fingerprint density at radius 1 is 1.22 bits per heavy atom. The molecule has 0 saturated carbocycles. The molecule has 2 aliphatic rings. The summed E-state index contributed by atoms with van der Waals surface area (Å²) >= 11 is 8.16. The molecular formula is C25H27CaClN4O4S. The molecule has 0 bridgehead atoms. The molecule has 186 valence electrons. The fraction of sp³-hybridized carbons (Fsp3) is 0.360. The fourth-order valence-corrected chi connectivity index (χ4v) is 6.09. The second-order valence-corrected chi connectivity index (χ2v) is 10.0. The van der Waals surface area contributed by atoms with Crippen LogP contribution in [-0.2, 0) is 27.2 Å². The van der Waals surface area contributed by atoms with E-state index in [0.717, 1.165) is 47.7 Å². The van der Waals surface area contributed by atoms with Crippen molar-refractivity contribution in [2.75, 3.05) is 31.1 Å². The van der Waals surface area contributed by atoms with E-state index in [-0.39, 0.29) is 68.9 Å². The number of halogens is 1. The van der Waals surface area contributed by atoms with Gasteiger partial charge >= 0.3 is 43.7 Å². The van der Waals surface area contributed by atoms with Gasteiger partial charge in [0, 0.05) is 43.0 Å². The summed E-state index contributed by atoms with van der Waals surface area (Å²) in [6.07, 6.45) is 0.281. The molecule has 2 aromatic carbocycles. The van der Waals surface area contributed by atoms with Crippen LogP contribution >= 0.6 is 23.1 Å². The normalized spacial score (nSPS) is 17.8. The number of imide groups is 1. The van der Waals surface area contributed by atoms with Crippen LogP contribution in [-0.4, -0.2) is 96.1 Å². The van der Waals surface area contributed by atoms with Crippen molar-refractivity contribution in [1.29, 1.82) is 0 Å². The number of nitrogens with zero attached hydrogens (tertiary/aromatic N) is 3. The molecule has 8 nitrogen and oxygen atoms in total. The first-order valence-electron chi connectivity index (χ1n) is 11.6. The van der Waals surface area contributed by atoms with Gasteiger partial charge in [-0.15, -0.1) is 0 Å². The van der Waals surface area contributed by atoms with E-state index in [1.165, 1.54) is 10.3 Å². The van der Waals surface area contributed by atoms with Gasteiger partial charge in [-0.05, 0) is 41.2 Å². The number of carboxylic acid groups (broad SMARTS) is 1. The van der Waals surface area contributed by atoms with E-state index in [4.69, 9.17) is 16.7 Å². The number of rotatable bonds is 7. The Morgan fingerprint density at radius 3 is 2.83 bits per heavy atom. The molecule has 1 saturated heterocycles. The molecule has 1 unspecified atom stereocenters. The predicted molar refractivity (Wildman–Crippen MR) is 144 cm³/mol. The molecule has 0 aliphatic carbocycles. The van der Waals surface area contributed by atoms with Gasteiger partial charge in [0.15, 0.2) is 0 Å². The molecule has 0 spiro atoms. The van der Waals surface area contributed by atoms with Crippen LogP contribution in [0.5, 0.6) is 0 Å². The Balaban J connectivity index is 0.00000304. The van der Waals surface area contributed by atoms with Gasteiger partial charge in [0.1, 0.15) is 0 Å². The quantitative estimate of drug-likeness (QED) is 0.433. The zero-order valence-electron chi connectivity index (χ0n) is 19.0. The van der Waals surface area contributed by atoms with Crippen LogP contribution in [0.25, 0.3) is 10.9 Å². The SMILES string of the molecule is O=C(O)CCC(=O)N1C(=O)Cc2cc(CCN3CCNCC3c3snc4ccccc34)c(Cl)cc21.[CaH2]. The van der Waals surface area contributed by atoms with E-state index in [9.17, 15) is 14.4 Å². The predicted octanol–water partition coefficient (Wildman–Crippen LogP) is 2.50. The van der Waals surface area contributed by atoms with Crippen molar-refractivity contribution in [2.45, 2.75) is 31.7 Å². The van der Waals surface area contributed by atoms with Gasteiger partial charge in [0.25, 0.3) is 0 Å². The molecule has 5 rings (SSSR count). The average molecular weight is 555 g/mol.